The van der Waals surface area contributed by atoms with Crippen LogP contribution in [0.5, 0.6) is 0 Å². The molecule has 122 valence electrons. The fraction of sp³-hybridized carbons (Fsp3) is 0.111. The molecule has 0 aromatic heterocycles. The standard InChI is InChI=1S/C18H12ClF2NO2/c1-9-3-5-12(10(2)7-9)15-16(19)18(24)22(17(15)23)14-6-4-11(20)8-13(14)21/h3-8H,1-2H3. The number of anilines is 1. The molecule has 0 unspecified atom stereocenters. The van der Waals surface area contributed by atoms with Crippen LogP contribution in [0.2, 0.25) is 0 Å². The molecule has 2 aromatic rings. The summed E-state index contributed by atoms with van der Waals surface area (Å²) in [7, 11) is 0. The van der Waals surface area contributed by atoms with E-state index in [-0.39, 0.29) is 16.3 Å². The van der Waals surface area contributed by atoms with Gasteiger partial charge in [0.2, 0.25) is 0 Å². The van der Waals surface area contributed by atoms with Gasteiger partial charge in [-0.05, 0) is 37.1 Å². The van der Waals surface area contributed by atoms with Crippen LogP contribution in [0.3, 0.4) is 0 Å². The molecule has 1 aliphatic rings. The molecule has 0 saturated heterocycles. The smallest absolute Gasteiger partial charge is 0.268 e. The number of halogens is 3. The van der Waals surface area contributed by atoms with Crippen LogP contribution in [0.25, 0.3) is 5.57 Å². The average molecular weight is 348 g/mol. The first kappa shape index (κ1) is 16.3. The number of carbonyl (C=O) groups excluding carboxylic acids is 2. The SMILES string of the molecule is Cc1ccc(C2=C(Cl)C(=O)N(c3ccc(F)cc3F)C2=O)c(C)c1. The number of rotatable bonds is 2. The van der Waals surface area contributed by atoms with Crippen LogP contribution in [0, 0.1) is 25.5 Å². The van der Waals surface area contributed by atoms with Gasteiger partial charge in [-0.3, -0.25) is 9.59 Å². The molecule has 0 N–H and O–H groups in total. The zero-order chi connectivity index (χ0) is 17.6. The highest BCUT2D eigenvalue weighted by Gasteiger charge is 2.40. The Morgan fingerprint density at radius 1 is 0.958 bits per heavy atom. The fourth-order valence-corrected chi connectivity index (χ4v) is 2.98. The van der Waals surface area contributed by atoms with Crippen LogP contribution in [-0.2, 0) is 9.59 Å². The largest absolute Gasteiger partial charge is 0.277 e. The topological polar surface area (TPSA) is 37.4 Å². The van der Waals surface area contributed by atoms with Crippen molar-refractivity contribution in [1.29, 1.82) is 0 Å². The summed E-state index contributed by atoms with van der Waals surface area (Å²) in [6.07, 6.45) is 0. The second kappa shape index (κ2) is 5.83. The minimum atomic E-state index is -1.01. The van der Waals surface area contributed by atoms with Crippen molar-refractivity contribution in [2.24, 2.45) is 0 Å². The first-order valence-electron chi connectivity index (χ1n) is 7.12. The summed E-state index contributed by atoms with van der Waals surface area (Å²) in [5.74, 6) is -3.38. The molecule has 24 heavy (non-hydrogen) atoms. The number of amides is 2. The monoisotopic (exact) mass is 347 g/mol. The maximum atomic E-state index is 14.0. The molecule has 0 radical (unpaired) electrons. The van der Waals surface area contributed by atoms with E-state index in [1.54, 1.807) is 19.1 Å². The molecule has 0 atom stereocenters. The summed E-state index contributed by atoms with van der Waals surface area (Å²) < 4.78 is 27.1. The number of nitrogens with zero attached hydrogens (tertiary/aromatic N) is 1. The molecule has 2 aromatic carbocycles. The minimum absolute atomic E-state index is 0.0166. The first-order valence-corrected chi connectivity index (χ1v) is 7.50. The van der Waals surface area contributed by atoms with Gasteiger partial charge >= 0.3 is 0 Å². The third kappa shape index (κ3) is 2.51. The fourth-order valence-electron chi connectivity index (χ4n) is 2.71. The quantitative estimate of drug-likeness (QED) is 0.767. The highest BCUT2D eigenvalue weighted by molar-refractivity contribution is 6.60. The van der Waals surface area contributed by atoms with Gasteiger partial charge < -0.3 is 0 Å². The maximum absolute atomic E-state index is 14.0. The molecule has 1 aliphatic heterocycles. The summed E-state index contributed by atoms with van der Waals surface area (Å²) in [5, 5.41) is -0.282. The van der Waals surface area contributed by atoms with Crippen molar-refractivity contribution < 1.29 is 18.4 Å². The van der Waals surface area contributed by atoms with Crippen molar-refractivity contribution >= 4 is 34.7 Å². The Morgan fingerprint density at radius 3 is 2.29 bits per heavy atom. The van der Waals surface area contributed by atoms with E-state index in [2.05, 4.69) is 0 Å². The lowest BCUT2D eigenvalue weighted by atomic mass is 9.99. The third-order valence-electron chi connectivity index (χ3n) is 3.83. The maximum Gasteiger partial charge on any atom is 0.277 e. The molecule has 3 rings (SSSR count). The molecule has 0 fully saturated rings. The lowest BCUT2D eigenvalue weighted by Gasteiger charge is -2.16. The number of hydrogen-bond acceptors (Lipinski definition) is 2. The summed E-state index contributed by atoms with van der Waals surface area (Å²) >= 11 is 6.07. The molecule has 6 heteroatoms. The lowest BCUT2D eigenvalue weighted by molar-refractivity contribution is -0.119. The molecule has 0 aliphatic carbocycles. The number of imide groups is 1. The van der Waals surface area contributed by atoms with E-state index >= 15 is 0 Å². The van der Waals surface area contributed by atoms with E-state index in [9.17, 15) is 18.4 Å². The molecule has 1 heterocycles. The van der Waals surface area contributed by atoms with Gasteiger partial charge in [0.15, 0.2) is 0 Å². The minimum Gasteiger partial charge on any atom is -0.268 e. The Labute approximate surface area is 142 Å². The molecule has 0 bridgehead atoms. The summed E-state index contributed by atoms with van der Waals surface area (Å²) in [4.78, 5) is 25.7. The molecule has 0 saturated carbocycles. The van der Waals surface area contributed by atoms with Crippen LogP contribution in [0.1, 0.15) is 16.7 Å². The van der Waals surface area contributed by atoms with Gasteiger partial charge in [0, 0.05) is 6.07 Å². The van der Waals surface area contributed by atoms with Crippen LogP contribution in [-0.4, -0.2) is 11.8 Å². The van der Waals surface area contributed by atoms with E-state index in [4.69, 9.17) is 11.6 Å². The second-order valence-corrected chi connectivity index (χ2v) is 5.93. The summed E-state index contributed by atoms with van der Waals surface area (Å²) in [6, 6.07) is 7.96. The predicted octanol–water partition coefficient (Wildman–Crippen LogP) is 4.10. The van der Waals surface area contributed by atoms with Crippen molar-refractivity contribution in [1.82, 2.24) is 0 Å². The summed E-state index contributed by atoms with van der Waals surface area (Å²) in [6.45, 7) is 3.69. The van der Waals surface area contributed by atoms with Crippen LogP contribution < -0.4 is 4.90 Å². The normalized spacial score (nSPS) is 14.8. The van der Waals surface area contributed by atoms with Crippen LogP contribution >= 0.6 is 11.6 Å². The van der Waals surface area contributed by atoms with Gasteiger partial charge in [0.25, 0.3) is 11.8 Å². The number of carbonyl (C=O) groups is 2. The van der Waals surface area contributed by atoms with E-state index in [1.807, 2.05) is 13.0 Å². The number of hydrogen-bond donors (Lipinski definition) is 0. The van der Waals surface area contributed by atoms with E-state index < -0.39 is 23.4 Å². The third-order valence-corrected chi connectivity index (χ3v) is 4.18. The van der Waals surface area contributed by atoms with Crippen molar-refractivity contribution in [3.05, 3.63) is 69.8 Å². The van der Waals surface area contributed by atoms with Gasteiger partial charge in [-0.15, -0.1) is 0 Å². The Balaban J connectivity index is 2.11. The Kier molecular flexibility index (Phi) is 3.97. The Bertz CT molecular complexity index is 921. The van der Waals surface area contributed by atoms with Crippen molar-refractivity contribution in [3.8, 4) is 0 Å². The Hall–Kier alpha value is -2.53. The van der Waals surface area contributed by atoms with E-state index in [0.717, 1.165) is 23.3 Å². The highest BCUT2D eigenvalue weighted by Crippen LogP contribution is 2.37. The zero-order valence-electron chi connectivity index (χ0n) is 12.9. The van der Waals surface area contributed by atoms with Crippen molar-refractivity contribution in [3.63, 3.8) is 0 Å². The second-order valence-electron chi connectivity index (χ2n) is 5.55. The van der Waals surface area contributed by atoms with Gasteiger partial charge in [-0.1, -0.05) is 35.4 Å². The average Bonchev–Trinajstić information content (AvgIpc) is 2.71. The van der Waals surface area contributed by atoms with Gasteiger partial charge in [0.05, 0.1) is 11.3 Å². The van der Waals surface area contributed by atoms with E-state index in [1.165, 1.54) is 0 Å². The van der Waals surface area contributed by atoms with Gasteiger partial charge in [-0.2, -0.15) is 0 Å². The zero-order valence-corrected chi connectivity index (χ0v) is 13.6. The molecular weight excluding hydrogens is 336 g/mol. The lowest BCUT2D eigenvalue weighted by Crippen LogP contribution is -2.32. The van der Waals surface area contributed by atoms with Crippen molar-refractivity contribution in [2.75, 3.05) is 4.90 Å². The number of aryl methyl sites for hydroxylation is 2. The Morgan fingerprint density at radius 2 is 1.67 bits per heavy atom. The molecule has 0 spiro atoms. The van der Waals surface area contributed by atoms with Crippen LogP contribution in [0.4, 0.5) is 14.5 Å². The molecule has 2 amide bonds. The van der Waals surface area contributed by atoms with Crippen molar-refractivity contribution in [2.45, 2.75) is 13.8 Å². The molecular formula is C18H12ClF2NO2. The predicted molar refractivity (Wildman–Crippen MR) is 87.5 cm³/mol. The molecule has 3 nitrogen and oxygen atoms in total. The highest BCUT2D eigenvalue weighted by atomic mass is 35.5. The summed E-state index contributed by atoms with van der Waals surface area (Å²) in [5.41, 5.74) is 1.96. The van der Waals surface area contributed by atoms with Crippen LogP contribution in [0.15, 0.2) is 41.4 Å². The number of benzene rings is 2. The first-order chi connectivity index (χ1) is 11.3. The van der Waals surface area contributed by atoms with Gasteiger partial charge in [-0.25, -0.2) is 13.7 Å². The van der Waals surface area contributed by atoms with E-state index in [0.29, 0.717) is 16.5 Å². The van der Waals surface area contributed by atoms with Gasteiger partial charge in [0.1, 0.15) is 16.7 Å².